The van der Waals surface area contributed by atoms with Crippen molar-refractivity contribution in [1.29, 1.82) is 0 Å². The first-order chi connectivity index (χ1) is 8.28. The van der Waals surface area contributed by atoms with E-state index in [9.17, 15) is 4.79 Å². The van der Waals surface area contributed by atoms with Crippen molar-refractivity contribution in [2.24, 2.45) is 0 Å². The van der Waals surface area contributed by atoms with E-state index in [1.165, 1.54) is 0 Å². The molecule has 0 spiro atoms. The normalized spacial score (nSPS) is 14.4. The Balaban J connectivity index is 2.29. The zero-order valence-electron chi connectivity index (χ0n) is 9.79. The number of rotatable bonds is 1. The molecule has 0 N–H and O–H groups in total. The third-order valence-electron chi connectivity index (χ3n) is 3.16. The van der Waals surface area contributed by atoms with E-state index in [2.05, 4.69) is 0 Å². The molecular weight excluding hydrogens is 216 g/mol. The standard InChI is InChI=1S/C14H14O3/c1-2-10-7-12(15)11-8-13-9(4-3-5-16-13)6-14(11)17-10/h6-8H,2-5H2,1H3. The smallest absolute Gasteiger partial charge is 0.193 e. The summed E-state index contributed by atoms with van der Waals surface area (Å²) in [7, 11) is 0. The zero-order valence-corrected chi connectivity index (χ0v) is 9.79. The summed E-state index contributed by atoms with van der Waals surface area (Å²) >= 11 is 0. The summed E-state index contributed by atoms with van der Waals surface area (Å²) in [4.78, 5) is 11.9. The van der Waals surface area contributed by atoms with Crippen molar-refractivity contribution < 1.29 is 9.15 Å². The molecule has 0 unspecified atom stereocenters. The summed E-state index contributed by atoms with van der Waals surface area (Å²) in [6.45, 7) is 2.71. The highest BCUT2D eigenvalue weighted by atomic mass is 16.5. The molecule has 0 saturated heterocycles. The summed E-state index contributed by atoms with van der Waals surface area (Å²) in [5.41, 5.74) is 1.83. The van der Waals surface area contributed by atoms with Crippen molar-refractivity contribution in [2.75, 3.05) is 6.61 Å². The molecule has 2 heterocycles. The number of fused-ring (bicyclic) bond motifs is 2. The molecule has 1 aromatic carbocycles. The van der Waals surface area contributed by atoms with Gasteiger partial charge in [-0.3, -0.25) is 4.79 Å². The Morgan fingerprint density at radius 3 is 3.00 bits per heavy atom. The molecule has 0 atom stereocenters. The molecule has 0 saturated carbocycles. The molecule has 3 rings (SSSR count). The molecule has 1 aliphatic rings. The highest BCUT2D eigenvalue weighted by molar-refractivity contribution is 5.79. The van der Waals surface area contributed by atoms with Crippen LogP contribution >= 0.6 is 0 Å². The Kier molecular flexibility index (Phi) is 2.39. The average molecular weight is 230 g/mol. The topological polar surface area (TPSA) is 39.4 Å². The second kappa shape index (κ2) is 3.91. The number of hydrogen-bond acceptors (Lipinski definition) is 3. The van der Waals surface area contributed by atoms with E-state index in [4.69, 9.17) is 9.15 Å². The van der Waals surface area contributed by atoms with E-state index in [1.54, 1.807) is 6.07 Å². The van der Waals surface area contributed by atoms with E-state index < -0.39 is 0 Å². The van der Waals surface area contributed by atoms with Crippen LogP contribution in [-0.4, -0.2) is 6.61 Å². The van der Waals surface area contributed by atoms with Crippen molar-refractivity contribution in [2.45, 2.75) is 26.2 Å². The van der Waals surface area contributed by atoms with Gasteiger partial charge in [0.05, 0.1) is 12.0 Å². The molecule has 1 aromatic heterocycles. The van der Waals surface area contributed by atoms with Gasteiger partial charge in [0.15, 0.2) is 5.43 Å². The fourth-order valence-corrected chi connectivity index (χ4v) is 2.22. The van der Waals surface area contributed by atoms with Crippen LogP contribution in [0.3, 0.4) is 0 Å². The Morgan fingerprint density at radius 2 is 2.18 bits per heavy atom. The first-order valence-electron chi connectivity index (χ1n) is 6.00. The van der Waals surface area contributed by atoms with E-state index in [0.717, 1.165) is 42.9 Å². The lowest BCUT2D eigenvalue weighted by molar-refractivity contribution is 0.288. The predicted octanol–water partition coefficient (Wildman–Crippen LogP) is 2.68. The van der Waals surface area contributed by atoms with Crippen molar-refractivity contribution in [1.82, 2.24) is 0 Å². The summed E-state index contributed by atoms with van der Waals surface area (Å²) in [5.74, 6) is 1.57. The van der Waals surface area contributed by atoms with Crippen LogP contribution in [0.5, 0.6) is 5.75 Å². The van der Waals surface area contributed by atoms with Gasteiger partial charge in [-0.05, 0) is 30.5 Å². The quantitative estimate of drug-likeness (QED) is 0.756. The van der Waals surface area contributed by atoms with Crippen molar-refractivity contribution in [3.05, 3.63) is 39.7 Å². The minimum atomic E-state index is 0.0140. The number of benzene rings is 1. The lowest BCUT2D eigenvalue weighted by atomic mass is 10.0. The highest BCUT2D eigenvalue weighted by Crippen LogP contribution is 2.29. The maximum Gasteiger partial charge on any atom is 0.193 e. The van der Waals surface area contributed by atoms with Gasteiger partial charge in [0.2, 0.25) is 0 Å². The first-order valence-corrected chi connectivity index (χ1v) is 6.00. The molecule has 0 aliphatic carbocycles. The second-order valence-corrected chi connectivity index (χ2v) is 4.34. The molecule has 3 nitrogen and oxygen atoms in total. The van der Waals surface area contributed by atoms with Crippen molar-refractivity contribution in [3.63, 3.8) is 0 Å². The predicted molar refractivity (Wildman–Crippen MR) is 65.7 cm³/mol. The molecule has 0 fully saturated rings. The second-order valence-electron chi connectivity index (χ2n) is 4.34. The molecule has 0 radical (unpaired) electrons. The number of hydrogen-bond donors (Lipinski definition) is 0. The average Bonchev–Trinajstić information content (AvgIpc) is 2.36. The third-order valence-corrected chi connectivity index (χ3v) is 3.16. The van der Waals surface area contributed by atoms with Gasteiger partial charge in [0.25, 0.3) is 0 Å². The first kappa shape index (κ1) is 10.4. The van der Waals surface area contributed by atoms with Gasteiger partial charge in [0, 0.05) is 12.5 Å². The lowest BCUT2D eigenvalue weighted by Crippen LogP contribution is -2.10. The Bertz CT molecular complexity index is 625. The van der Waals surface area contributed by atoms with Crippen LogP contribution in [0.4, 0.5) is 0 Å². The molecule has 3 heteroatoms. The fourth-order valence-electron chi connectivity index (χ4n) is 2.22. The lowest BCUT2D eigenvalue weighted by Gasteiger charge is -2.17. The maximum absolute atomic E-state index is 11.9. The minimum absolute atomic E-state index is 0.0140. The fraction of sp³-hybridized carbons (Fsp3) is 0.357. The molecular formula is C14H14O3. The summed E-state index contributed by atoms with van der Waals surface area (Å²) in [6.07, 6.45) is 2.75. The summed E-state index contributed by atoms with van der Waals surface area (Å²) in [6, 6.07) is 5.33. The van der Waals surface area contributed by atoms with Crippen LogP contribution in [0.25, 0.3) is 11.0 Å². The van der Waals surface area contributed by atoms with Crippen LogP contribution in [0, 0.1) is 0 Å². The maximum atomic E-state index is 11.9. The molecule has 0 amide bonds. The molecule has 0 bridgehead atoms. The SMILES string of the molecule is CCc1cc(=O)c2cc3c(cc2o1)CCCO3. The monoisotopic (exact) mass is 230 g/mol. The number of ether oxygens (including phenoxy) is 1. The largest absolute Gasteiger partial charge is 0.493 e. The van der Waals surface area contributed by atoms with Gasteiger partial charge in [-0.2, -0.15) is 0 Å². The molecule has 17 heavy (non-hydrogen) atoms. The van der Waals surface area contributed by atoms with Crippen molar-refractivity contribution in [3.8, 4) is 5.75 Å². The summed E-state index contributed by atoms with van der Waals surface area (Å²) < 4.78 is 11.3. The van der Waals surface area contributed by atoms with Gasteiger partial charge >= 0.3 is 0 Å². The van der Waals surface area contributed by atoms with E-state index >= 15 is 0 Å². The van der Waals surface area contributed by atoms with Gasteiger partial charge in [-0.25, -0.2) is 0 Å². The van der Waals surface area contributed by atoms with Crippen LogP contribution in [0.15, 0.2) is 27.4 Å². The van der Waals surface area contributed by atoms with E-state index in [0.29, 0.717) is 11.0 Å². The minimum Gasteiger partial charge on any atom is -0.493 e. The van der Waals surface area contributed by atoms with Crippen LogP contribution < -0.4 is 10.2 Å². The highest BCUT2D eigenvalue weighted by Gasteiger charge is 2.14. The van der Waals surface area contributed by atoms with Gasteiger partial charge in [0.1, 0.15) is 17.1 Å². The van der Waals surface area contributed by atoms with E-state index in [1.807, 2.05) is 19.1 Å². The van der Waals surface area contributed by atoms with Gasteiger partial charge in [-0.1, -0.05) is 6.92 Å². The van der Waals surface area contributed by atoms with Gasteiger partial charge in [-0.15, -0.1) is 0 Å². The Hall–Kier alpha value is -1.77. The Morgan fingerprint density at radius 1 is 1.29 bits per heavy atom. The van der Waals surface area contributed by atoms with Crippen LogP contribution in [0.1, 0.15) is 24.7 Å². The Labute approximate surface area is 99.0 Å². The zero-order chi connectivity index (χ0) is 11.8. The number of aryl methyl sites for hydroxylation is 2. The van der Waals surface area contributed by atoms with Crippen LogP contribution in [-0.2, 0) is 12.8 Å². The molecule has 88 valence electrons. The van der Waals surface area contributed by atoms with Crippen LogP contribution in [0.2, 0.25) is 0 Å². The third kappa shape index (κ3) is 1.71. The molecule has 2 aromatic rings. The van der Waals surface area contributed by atoms with Gasteiger partial charge < -0.3 is 9.15 Å². The van der Waals surface area contributed by atoms with Crippen molar-refractivity contribution >= 4 is 11.0 Å². The molecule has 1 aliphatic heterocycles. The summed E-state index contributed by atoms with van der Waals surface area (Å²) in [5, 5.41) is 0.614. The van der Waals surface area contributed by atoms with E-state index in [-0.39, 0.29) is 5.43 Å².